The summed E-state index contributed by atoms with van der Waals surface area (Å²) in [4.78, 5) is 33.4. The molecule has 0 atom stereocenters. The highest BCUT2D eigenvalue weighted by Gasteiger charge is 2.56. The summed E-state index contributed by atoms with van der Waals surface area (Å²) >= 11 is 0. The fourth-order valence-electron chi connectivity index (χ4n) is 6.77. The lowest BCUT2D eigenvalue weighted by atomic mass is 9.86. The lowest BCUT2D eigenvalue weighted by Gasteiger charge is -2.52. The normalized spacial score (nSPS) is 14.7. The molecule has 0 saturated carbocycles. The van der Waals surface area contributed by atoms with E-state index in [1.165, 1.54) is 0 Å². The van der Waals surface area contributed by atoms with Crippen LogP contribution in [0.3, 0.4) is 0 Å². The second-order valence-electron chi connectivity index (χ2n) is 13.0. The minimum Gasteiger partial charge on any atom is -0.285 e. The number of nitrogens with zero attached hydrogens (tertiary/aromatic N) is 2. The third-order valence-electron chi connectivity index (χ3n) is 8.69. The first-order valence-corrected chi connectivity index (χ1v) is 17.6. The van der Waals surface area contributed by atoms with E-state index >= 15 is 0 Å². The zero-order chi connectivity index (χ0) is 33.9. The maximum atomic E-state index is 14.7. The van der Waals surface area contributed by atoms with Crippen LogP contribution in [0.1, 0.15) is 47.2 Å². The van der Waals surface area contributed by atoms with Crippen LogP contribution in [0.4, 0.5) is 11.4 Å². The van der Waals surface area contributed by atoms with Crippen molar-refractivity contribution in [2.75, 3.05) is 9.80 Å². The van der Waals surface area contributed by atoms with Crippen LogP contribution in [0.2, 0.25) is 0 Å². The molecule has 1 aliphatic rings. The van der Waals surface area contributed by atoms with Crippen molar-refractivity contribution in [2.45, 2.75) is 61.3 Å². The Morgan fingerprint density at radius 3 is 1.06 bits per heavy atom. The van der Waals surface area contributed by atoms with E-state index in [1.807, 2.05) is 82.6 Å². The summed E-state index contributed by atoms with van der Waals surface area (Å²) in [6.45, 7) is 16.0. The fourth-order valence-corrected chi connectivity index (χ4v) is 9.49. The Balaban J connectivity index is 0.000000650. The summed E-state index contributed by atoms with van der Waals surface area (Å²) in [6.07, 6.45) is 0. The van der Waals surface area contributed by atoms with Gasteiger partial charge in [-0.2, -0.15) is 0 Å². The van der Waals surface area contributed by atoms with Gasteiger partial charge in [-0.3, -0.25) is 19.4 Å². The molecule has 240 valence electrons. The molecular formula is C42H45N2O2P. The molecule has 0 N–H and O–H groups in total. The first-order chi connectivity index (χ1) is 22.4. The van der Waals surface area contributed by atoms with Crippen molar-refractivity contribution in [2.24, 2.45) is 5.41 Å². The molecule has 5 aromatic carbocycles. The SMILES string of the molecule is Cc1cc(C)c(N2C(=O)C(C)(C)C(=O)N(c3c(C)cc(C)cc3C)C2P(c2ccccc2)c2ccccc2)c(C)c1.c1ccccc1. The van der Waals surface area contributed by atoms with Crippen molar-refractivity contribution in [1.82, 2.24) is 0 Å². The third kappa shape index (κ3) is 6.80. The number of rotatable bonds is 5. The highest BCUT2D eigenvalue weighted by atomic mass is 31.1. The van der Waals surface area contributed by atoms with Gasteiger partial charge < -0.3 is 0 Å². The summed E-state index contributed by atoms with van der Waals surface area (Å²) in [5, 5.41) is 2.22. The molecule has 0 unspecified atom stereocenters. The molecule has 5 heteroatoms. The van der Waals surface area contributed by atoms with Gasteiger partial charge in [0.2, 0.25) is 11.8 Å². The second-order valence-corrected chi connectivity index (χ2v) is 15.2. The van der Waals surface area contributed by atoms with Crippen LogP contribution < -0.4 is 20.4 Å². The molecular weight excluding hydrogens is 595 g/mol. The van der Waals surface area contributed by atoms with E-state index in [1.54, 1.807) is 13.8 Å². The Morgan fingerprint density at radius 2 is 0.766 bits per heavy atom. The van der Waals surface area contributed by atoms with Crippen molar-refractivity contribution in [1.29, 1.82) is 0 Å². The van der Waals surface area contributed by atoms with Crippen molar-refractivity contribution < 1.29 is 9.59 Å². The summed E-state index contributed by atoms with van der Waals surface area (Å²) in [5.41, 5.74) is 6.93. The zero-order valence-corrected chi connectivity index (χ0v) is 29.7. The Morgan fingerprint density at radius 1 is 0.489 bits per heavy atom. The fraction of sp³-hybridized carbons (Fsp3) is 0.238. The van der Waals surface area contributed by atoms with Gasteiger partial charge in [0.05, 0.1) is 11.4 Å². The van der Waals surface area contributed by atoms with Gasteiger partial charge >= 0.3 is 0 Å². The average Bonchev–Trinajstić information content (AvgIpc) is 3.04. The first-order valence-electron chi connectivity index (χ1n) is 16.2. The van der Waals surface area contributed by atoms with Crippen LogP contribution in [0.25, 0.3) is 0 Å². The molecule has 1 fully saturated rings. The molecule has 0 bridgehead atoms. The van der Waals surface area contributed by atoms with E-state index in [0.29, 0.717) is 0 Å². The molecule has 5 aromatic rings. The van der Waals surface area contributed by atoms with E-state index in [-0.39, 0.29) is 11.8 Å². The summed E-state index contributed by atoms with van der Waals surface area (Å²) in [6, 6.07) is 41.3. The number of carbonyl (C=O) groups is 2. The highest BCUT2D eigenvalue weighted by molar-refractivity contribution is 7.74. The Hall–Kier alpha value is -4.53. The van der Waals surface area contributed by atoms with Crippen molar-refractivity contribution >= 4 is 41.7 Å². The third-order valence-corrected chi connectivity index (χ3v) is 11.3. The molecule has 0 aliphatic carbocycles. The van der Waals surface area contributed by atoms with Gasteiger partial charge in [0.25, 0.3) is 0 Å². The van der Waals surface area contributed by atoms with Gasteiger partial charge in [-0.25, -0.2) is 0 Å². The van der Waals surface area contributed by atoms with Crippen molar-refractivity contribution in [3.8, 4) is 0 Å². The topological polar surface area (TPSA) is 40.6 Å². The predicted molar refractivity (Wildman–Crippen MR) is 199 cm³/mol. The number of hydrogen-bond acceptors (Lipinski definition) is 2. The van der Waals surface area contributed by atoms with Gasteiger partial charge in [-0.15, -0.1) is 0 Å². The molecule has 1 aliphatic heterocycles. The molecule has 1 saturated heterocycles. The first kappa shape index (κ1) is 33.8. The van der Waals surface area contributed by atoms with Crippen LogP contribution in [-0.2, 0) is 9.59 Å². The van der Waals surface area contributed by atoms with Crippen molar-refractivity contribution in [3.63, 3.8) is 0 Å². The van der Waals surface area contributed by atoms with E-state index in [9.17, 15) is 9.59 Å². The van der Waals surface area contributed by atoms with Gasteiger partial charge in [0.15, 0.2) is 0 Å². The monoisotopic (exact) mass is 640 g/mol. The Bertz CT molecular complexity index is 1680. The maximum Gasteiger partial charge on any atom is 0.244 e. The number of hydrogen-bond donors (Lipinski definition) is 0. The average molecular weight is 641 g/mol. The highest BCUT2D eigenvalue weighted by Crippen LogP contribution is 2.52. The zero-order valence-electron chi connectivity index (χ0n) is 28.8. The number of aryl methyl sites for hydroxylation is 6. The largest absolute Gasteiger partial charge is 0.285 e. The van der Waals surface area contributed by atoms with E-state index in [2.05, 4.69) is 90.1 Å². The molecule has 0 radical (unpaired) electrons. The van der Waals surface area contributed by atoms with Crippen LogP contribution >= 0.6 is 7.92 Å². The van der Waals surface area contributed by atoms with Gasteiger partial charge in [0.1, 0.15) is 11.3 Å². The van der Waals surface area contributed by atoms with Crippen LogP contribution in [0, 0.1) is 47.0 Å². The lowest BCUT2D eigenvalue weighted by molar-refractivity contribution is -0.140. The molecule has 47 heavy (non-hydrogen) atoms. The lowest BCUT2D eigenvalue weighted by Crippen LogP contribution is -2.67. The minimum absolute atomic E-state index is 0.166. The molecule has 1 heterocycles. The van der Waals surface area contributed by atoms with Crippen molar-refractivity contribution in [3.05, 3.63) is 155 Å². The summed E-state index contributed by atoms with van der Waals surface area (Å²) < 4.78 is 0. The van der Waals surface area contributed by atoms with E-state index in [4.69, 9.17) is 0 Å². The maximum absolute atomic E-state index is 14.7. The number of carbonyl (C=O) groups excluding carboxylic acids is 2. The van der Waals surface area contributed by atoms with Crippen LogP contribution in [0.5, 0.6) is 0 Å². The van der Waals surface area contributed by atoms with E-state index < -0.39 is 19.2 Å². The Kier molecular flexibility index (Phi) is 10.1. The molecule has 6 rings (SSSR count). The molecule has 0 aromatic heterocycles. The van der Waals surface area contributed by atoms with Crippen LogP contribution in [0.15, 0.2) is 121 Å². The minimum atomic E-state index is -1.25. The summed E-state index contributed by atoms with van der Waals surface area (Å²) in [7, 11) is -1.24. The van der Waals surface area contributed by atoms with Crippen LogP contribution in [-0.4, -0.2) is 17.7 Å². The molecule has 2 amide bonds. The quantitative estimate of drug-likeness (QED) is 0.142. The summed E-state index contributed by atoms with van der Waals surface area (Å²) in [5.74, 6) is -0.899. The smallest absolute Gasteiger partial charge is 0.244 e. The molecule has 4 nitrogen and oxygen atoms in total. The van der Waals surface area contributed by atoms with Gasteiger partial charge in [0, 0.05) is 7.92 Å². The van der Waals surface area contributed by atoms with E-state index in [0.717, 1.165) is 55.4 Å². The Labute approximate surface area is 281 Å². The number of amides is 2. The standard InChI is InChI=1S/C36H39N2O2P.C6H6/c1-23-19-25(3)31(26(4)20-23)37-33(39)36(7,8)34(40)38(32-27(5)21-24(2)22-28(32)6)35(37)41(29-15-11-9-12-16-29)30-17-13-10-14-18-30;1-2-4-6-5-3-1/h9-22,35H,1-8H3;1-6H. The predicted octanol–water partition coefficient (Wildman–Crippen LogP) is 9.05. The van der Waals surface area contributed by atoms with Gasteiger partial charge in [-0.05, 0) is 88.3 Å². The number of anilines is 2. The van der Waals surface area contributed by atoms with Gasteiger partial charge in [-0.1, -0.05) is 132 Å². The second kappa shape index (κ2) is 14.1. The number of benzene rings is 5. The molecule has 0 spiro atoms.